The lowest BCUT2D eigenvalue weighted by molar-refractivity contribution is -0.165. The van der Waals surface area contributed by atoms with Crippen LogP contribution in [0.25, 0.3) is 0 Å². The number of carboxylic acids is 3. The first kappa shape index (κ1) is 27.5. The highest BCUT2D eigenvalue weighted by Gasteiger charge is 2.35. The van der Waals surface area contributed by atoms with Crippen LogP contribution in [0.2, 0.25) is 0 Å². The van der Waals surface area contributed by atoms with Crippen molar-refractivity contribution in [1.82, 2.24) is 5.32 Å². The molecule has 0 bridgehead atoms. The summed E-state index contributed by atoms with van der Waals surface area (Å²) in [5, 5.41) is 44.4. The van der Waals surface area contributed by atoms with Crippen LogP contribution in [0.4, 0.5) is 0 Å². The number of hydrogen-bond donors (Lipinski definition) is 7. The van der Waals surface area contributed by atoms with Crippen molar-refractivity contribution in [2.45, 2.75) is 76.5 Å². The van der Waals surface area contributed by atoms with Crippen LogP contribution >= 0.6 is 0 Å². The summed E-state index contributed by atoms with van der Waals surface area (Å²) >= 11 is 0. The second-order valence-electron chi connectivity index (χ2n) is 6.70. The highest BCUT2D eigenvalue weighted by atomic mass is 16.5. The van der Waals surface area contributed by atoms with E-state index in [0.29, 0.717) is 0 Å². The van der Waals surface area contributed by atoms with Gasteiger partial charge in [-0.15, -0.1) is 0 Å². The second-order valence-corrected chi connectivity index (χ2v) is 6.70. The highest BCUT2D eigenvalue weighted by molar-refractivity contribution is 5.87. The minimum atomic E-state index is -2.27. The largest absolute Gasteiger partial charge is 0.479 e. The molecule has 8 N–H and O–H groups in total. The number of nitrogens with one attached hydrogen (secondary N) is 1. The number of amides is 1. The van der Waals surface area contributed by atoms with Crippen molar-refractivity contribution in [1.29, 1.82) is 0 Å². The van der Waals surface area contributed by atoms with E-state index in [1.54, 1.807) is 6.08 Å². The van der Waals surface area contributed by atoms with Crippen LogP contribution in [-0.4, -0.2) is 85.8 Å². The van der Waals surface area contributed by atoms with E-state index >= 15 is 0 Å². The lowest BCUT2D eigenvalue weighted by atomic mass is 9.88. The van der Waals surface area contributed by atoms with Crippen molar-refractivity contribution in [2.24, 2.45) is 5.73 Å². The number of rotatable bonds is 9. The molecule has 172 valence electrons. The Hall–Kier alpha value is -2.54. The number of aliphatic carboxylic acids is 3. The SMILES string of the molecule is CCC(CC)O[C@@H]1C=C(C(=O)O)C[C@H](N)[C@H]1NC(C)=O.O=C(O)C(O)C(O)C(=O)O. The average Bonchev–Trinajstić information content (AvgIpc) is 2.66. The first-order valence-corrected chi connectivity index (χ1v) is 9.29. The van der Waals surface area contributed by atoms with Crippen molar-refractivity contribution >= 4 is 23.8 Å². The molecule has 1 rings (SSSR count). The molecule has 0 aromatic rings. The summed E-state index contributed by atoms with van der Waals surface area (Å²) < 4.78 is 5.92. The molecule has 0 aromatic carbocycles. The molecule has 2 unspecified atom stereocenters. The van der Waals surface area contributed by atoms with Crippen LogP contribution in [0.15, 0.2) is 11.6 Å². The van der Waals surface area contributed by atoms with Gasteiger partial charge in [-0.2, -0.15) is 0 Å². The van der Waals surface area contributed by atoms with E-state index in [-0.39, 0.29) is 24.0 Å². The van der Waals surface area contributed by atoms with Crippen molar-refractivity contribution in [2.75, 3.05) is 0 Å². The Kier molecular flexibility index (Phi) is 11.8. The molecule has 0 heterocycles. The quantitative estimate of drug-likeness (QED) is 0.226. The molecular formula is C18H30N2O10. The van der Waals surface area contributed by atoms with Gasteiger partial charge < -0.3 is 41.3 Å². The fourth-order valence-corrected chi connectivity index (χ4v) is 2.67. The summed E-state index contributed by atoms with van der Waals surface area (Å²) in [6.45, 7) is 5.43. The Balaban J connectivity index is 0.000000710. The molecule has 0 aromatic heterocycles. The van der Waals surface area contributed by atoms with Gasteiger partial charge in [-0.1, -0.05) is 13.8 Å². The number of nitrogens with two attached hydrogens (primary N) is 1. The molecule has 1 amide bonds. The average molecular weight is 434 g/mol. The number of aliphatic hydroxyl groups is 2. The van der Waals surface area contributed by atoms with Gasteiger partial charge in [-0.3, -0.25) is 4.79 Å². The molecule has 0 fully saturated rings. The zero-order valence-corrected chi connectivity index (χ0v) is 17.0. The van der Waals surface area contributed by atoms with Crippen molar-refractivity contribution < 1.29 is 49.4 Å². The van der Waals surface area contributed by atoms with Gasteiger partial charge in [-0.25, -0.2) is 14.4 Å². The van der Waals surface area contributed by atoms with Crippen LogP contribution in [0.3, 0.4) is 0 Å². The molecule has 30 heavy (non-hydrogen) atoms. The molecule has 5 atom stereocenters. The number of carbonyl (C=O) groups excluding carboxylic acids is 1. The second kappa shape index (κ2) is 12.9. The summed E-state index contributed by atoms with van der Waals surface area (Å²) in [4.78, 5) is 42.0. The van der Waals surface area contributed by atoms with Crippen molar-refractivity contribution in [3.8, 4) is 0 Å². The molecule has 12 nitrogen and oxygen atoms in total. The molecule has 0 saturated carbocycles. The number of aliphatic hydroxyl groups excluding tert-OH is 2. The van der Waals surface area contributed by atoms with Gasteiger partial charge >= 0.3 is 17.9 Å². The molecule has 12 heteroatoms. The van der Waals surface area contributed by atoms with Gasteiger partial charge in [0.25, 0.3) is 0 Å². The van der Waals surface area contributed by atoms with E-state index in [0.717, 1.165) is 12.8 Å². The van der Waals surface area contributed by atoms with Gasteiger partial charge in [0.2, 0.25) is 5.91 Å². The molecule has 0 radical (unpaired) electrons. The van der Waals surface area contributed by atoms with Crippen LogP contribution in [0, 0.1) is 0 Å². The third kappa shape index (κ3) is 8.86. The zero-order chi connectivity index (χ0) is 23.6. The molecule has 1 aliphatic rings. The maximum absolute atomic E-state index is 11.3. The zero-order valence-electron chi connectivity index (χ0n) is 17.0. The van der Waals surface area contributed by atoms with Crippen molar-refractivity contribution in [3.63, 3.8) is 0 Å². The fraction of sp³-hybridized carbons (Fsp3) is 0.667. The number of hydrogen-bond acceptors (Lipinski definition) is 8. The van der Waals surface area contributed by atoms with E-state index in [2.05, 4.69) is 5.32 Å². The maximum Gasteiger partial charge on any atom is 0.335 e. The van der Waals surface area contributed by atoms with Gasteiger partial charge in [-0.05, 0) is 25.3 Å². The minimum absolute atomic E-state index is 0.0212. The number of ether oxygens (including phenoxy) is 1. The van der Waals surface area contributed by atoms with Crippen LogP contribution < -0.4 is 11.1 Å². The summed E-state index contributed by atoms with van der Waals surface area (Å²) in [5.41, 5.74) is 6.25. The third-order valence-electron chi connectivity index (χ3n) is 4.35. The van der Waals surface area contributed by atoms with E-state index in [1.165, 1.54) is 6.92 Å². The predicted octanol–water partition coefficient (Wildman–Crippen LogP) is -1.32. The van der Waals surface area contributed by atoms with Crippen LogP contribution in [0.5, 0.6) is 0 Å². The molecular weight excluding hydrogens is 404 g/mol. The van der Waals surface area contributed by atoms with Gasteiger partial charge in [0.15, 0.2) is 12.2 Å². The molecule has 1 aliphatic carbocycles. The van der Waals surface area contributed by atoms with Gasteiger partial charge in [0.1, 0.15) is 0 Å². The third-order valence-corrected chi connectivity index (χ3v) is 4.35. The normalized spacial score (nSPS) is 22.8. The van der Waals surface area contributed by atoms with E-state index in [9.17, 15) is 19.2 Å². The Morgan fingerprint density at radius 1 is 1.10 bits per heavy atom. The van der Waals surface area contributed by atoms with E-state index < -0.39 is 48.3 Å². The number of carbonyl (C=O) groups is 4. The number of carboxylic acid groups (broad SMARTS) is 3. The first-order chi connectivity index (χ1) is 13.8. The maximum atomic E-state index is 11.3. The smallest absolute Gasteiger partial charge is 0.335 e. The van der Waals surface area contributed by atoms with E-state index in [4.69, 9.17) is 36.0 Å². The summed E-state index contributed by atoms with van der Waals surface area (Å²) in [6, 6.07) is -0.856. The first-order valence-electron chi connectivity index (χ1n) is 9.29. The summed E-state index contributed by atoms with van der Waals surface area (Å²) in [5.74, 6) is -4.72. The van der Waals surface area contributed by atoms with Crippen LogP contribution in [0.1, 0.15) is 40.0 Å². The highest BCUT2D eigenvalue weighted by Crippen LogP contribution is 2.23. The predicted molar refractivity (Wildman–Crippen MR) is 102 cm³/mol. The van der Waals surface area contributed by atoms with Gasteiger partial charge in [0, 0.05) is 18.5 Å². The van der Waals surface area contributed by atoms with Crippen LogP contribution in [-0.2, 0) is 23.9 Å². The van der Waals surface area contributed by atoms with Gasteiger partial charge in [0.05, 0.1) is 18.2 Å². The Labute approximate surface area is 173 Å². The molecule has 0 saturated heterocycles. The fourth-order valence-electron chi connectivity index (χ4n) is 2.67. The summed E-state index contributed by atoms with van der Waals surface area (Å²) in [6.07, 6.45) is -1.56. The summed E-state index contributed by atoms with van der Waals surface area (Å²) in [7, 11) is 0. The van der Waals surface area contributed by atoms with Crippen molar-refractivity contribution in [3.05, 3.63) is 11.6 Å². The standard InChI is InChI=1S/C14H24N2O4.C4H6O6/c1-4-10(5-2)20-12-7-9(14(18)19)6-11(15)13(12)16-8(3)17;5-1(3(7)8)2(6)4(9)10/h7,10-13H,4-6,15H2,1-3H3,(H,16,17)(H,18,19);1-2,5-6H,(H,7,8)(H,9,10)/t11-,12+,13+;/m0./s1. The topological polar surface area (TPSA) is 217 Å². The minimum Gasteiger partial charge on any atom is -0.479 e. The monoisotopic (exact) mass is 434 g/mol. The lowest BCUT2D eigenvalue weighted by Crippen LogP contribution is -2.57. The van der Waals surface area contributed by atoms with E-state index in [1.807, 2.05) is 13.8 Å². The Bertz CT molecular complexity index is 629. The Morgan fingerprint density at radius 2 is 1.57 bits per heavy atom. The molecule has 0 spiro atoms. The Morgan fingerprint density at radius 3 is 1.90 bits per heavy atom. The molecule has 0 aliphatic heterocycles. The lowest BCUT2D eigenvalue weighted by Gasteiger charge is -2.36.